The Bertz CT molecular complexity index is 386. The van der Waals surface area contributed by atoms with Gasteiger partial charge in [0.25, 0.3) is 0 Å². The van der Waals surface area contributed by atoms with Crippen LogP contribution in [0.15, 0.2) is 18.3 Å². The fourth-order valence-corrected chi connectivity index (χ4v) is 2.28. The molecule has 1 aromatic rings. The molecule has 84 valence electrons. The summed E-state index contributed by atoms with van der Waals surface area (Å²) in [5, 5.41) is 8.81. The van der Waals surface area contributed by atoms with Crippen LogP contribution in [0.1, 0.15) is 31.9 Å². The second kappa shape index (κ2) is 4.98. The van der Waals surface area contributed by atoms with Crippen molar-refractivity contribution in [1.82, 2.24) is 4.98 Å². The van der Waals surface area contributed by atoms with Crippen LogP contribution in [-0.4, -0.2) is 18.1 Å². The van der Waals surface area contributed by atoms with Crippen molar-refractivity contribution in [2.45, 2.75) is 26.2 Å². The predicted molar refractivity (Wildman–Crippen MR) is 64.2 cm³/mol. The third-order valence-electron chi connectivity index (χ3n) is 3.42. The molecule has 0 aromatic carbocycles. The average Bonchev–Trinajstić information content (AvgIpc) is 2.39. The molecule has 0 saturated carbocycles. The van der Waals surface area contributed by atoms with Gasteiger partial charge in [0.15, 0.2) is 0 Å². The van der Waals surface area contributed by atoms with Gasteiger partial charge in [-0.2, -0.15) is 5.26 Å². The SMILES string of the molecule is CCC1CCN(c2ccnc(C#N)c2)CC1. The maximum atomic E-state index is 8.81. The van der Waals surface area contributed by atoms with Gasteiger partial charge in [0.1, 0.15) is 11.8 Å². The molecule has 0 spiro atoms. The molecule has 0 radical (unpaired) electrons. The van der Waals surface area contributed by atoms with E-state index in [0.29, 0.717) is 5.69 Å². The lowest BCUT2D eigenvalue weighted by Gasteiger charge is -2.33. The molecule has 0 atom stereocenters. The normalized spacial score (nSPS) is 17.1. The minimum absolute atomic E-state index is 0.509. The summed E-state index contributed by atoms with van der Waals surface area (Å²) in [5.41, 5.74) is 1.65. The van der Waals surface area contributed by atoms with Crippen molar-refractivity contribution < 1.29 is 0 Å². The molecule has 0 bridgehead atoms. The Balaban J connectivity index is 2.05. The van der Waals surface area contributed by atoms with Crippen molar-refractivity contribution in [3.05, 3.63) is 24.0 Å². The first-order valence-electron chi connectivity index (χ1n) is 5.94. The highest BCUT2D eigenvalue weighted by Crippen LogP contribution is 2.24. The molecule has 3 nitrogen and oxygen atoms in total. The highest BCUT2D eigenvalue weighted by atomic mass is 15.1. The number of hydrogen-bond acceptors (Lipinski definition) is 3. The summed E-state index contributed by atoms with van der Waals surface area (Å²) >= 11 is 0. The van der Waals surface area contributed by atoms with Crippen LogP contribution in [0, 0.1) is 17.2 Å². The molecule has 1 aliphatic heterocycles. The second-order valence-corrected chi connectivity index (χ2v) is 4.35. The molecule has 0 amide bonds. The standard InChI is InChI=1S/C13H17N3/c1-2-11-4-7-16(8-5-11)13-3-6-15-12(9-13)10-14/h3,6,9,11H,2,4-5,7-8H2,1H3. The van der Waals surface area contributed by atoms with E-state index in [-0.39, 0.29) is 0 Å². The van der Waals surface area contributed by atoms with Crippen molar-refractivity contribution in [1.29, 1.82) is 5.26 Å². The van der Waals surface area contributed by atoms with E-state index in [1.54, 1.807) is 6.20 Å². The van der Waals surface area contributed by atoms with E-state index in [9.17, 15) is 0 Å². The lowest BCUT2D eigenvalue weighted by molar-refractivity contribution is 0.395. The summed E-state index contributed by atoms with van der Waals surface area (Å²) in [6.07, 6.45) is 5.54. The number of pyridine rings is 1. The topological polar surface area (TPSA) is 39.9 Å². The van der Waals surface area contributed by atoms with E-state index in [0.717, 1.165) is 24.7 Å². The van der Waals surface area contributed by atoms with Gasteiger partial charge in [-0.25, -0.2) is 4.98 Å². The van der Waals surface area contributed by atoms with Gasteiger partial charge in [-0.3, -0.25) is 0 Å². The van der Waals surface area contributed by atoms with Crippen molar-refractivity contribution in [2.24, 2.45) is 5.92 Å². The molecule has 1 aromatic heterocycles. The largest absolute Gasteiger partial charge is 0.371 e. The number of piperidine rings is 1. The number of hydrogen-bond donors (Lipinski definition) is 0. The molecule has 0 unspecified atom stereocenters. The monoisotopic (exact) mass is 215 g/mol. The van der Waals surface area contributed by atoms with Gasteiger partial charge >= 0.3 is 0 Å². The summed E-state index contributed by atoms with van der Waals surface area (Å²) in [6.45, 7) is 4.47. The molecule has 0 N–H and O–H groups in total. The number of nitrogens with zero attached hydrogens (tertiary/aromatic N) is 3. The lowest BCUT2D eigenvalue weighted by Crippen LogP contribution is -2.33. The van der Waals surface area contributed by atoms with Gasteiger partial charge in [-0.1, -0.05) is 13.3 Å². The lowest BCUT2D eigenvalue weighted by atomic mass is 9.94. The third-order valence-corrected chi connectivity index (χ3v) is 3.42. The summed E-state index contributed by atoms with van der Waals surface area (Å²) < 4.78 is 0. The fourth-order valence-electron chi connectivity index (χ4n) is 2.28. The summed E-state index contributed by atoms with van der Waals surface area (Å²) in [5.74, 6) is 0.883. The van der Waals surface area contributed by atoms with E-state index in [1.807, 2.05) is 12.1 Å². The van der Waals surface area contributed by atoms with Crippen LogP contribution in [0.3, 0.4) is 0 Å². The Morgan fingerprint density at radius 2 is 2.25 bits per heavy atom. The molecule has 16 heavy (non-hydrogen) atoms. The molecule has 2 rings (SSSR count). The molecule has 3 heteroatoms. The van der Waals surface area contributed by atoms with Gasteiger partial charge in [-0.15, -0.1) is 0 Å². The molecule has 0 aliphatic carbocycles. The van der Waals surface area contributed by atoms with Crippen molar-refractivity contribution >= 4 is 5.69 Å². The third kappa shape index (κ3) is 2.33. The average molecular weight is 215 g/mol. The highest BCUT2D eigenvalue weighted by molar-refractivity contribution is 5.48. The van der Waals surface area contributed by atoms with Crippen LogP contribution >= 0.6 is 0 Å². The van der Waals surface area contributed by atoms with Crippen LogP contribution in [0.2, 0.25) is 0 Å². The Morgan fingerprint density at radius 3 is 2.88 bits per heavy atom. The van der Waals surface area contributed by atoms with Crippen molar-refractivity contribution in [2.75, 3.05) is 18.0 Å². The van der Waals surface area contributed by atoms with Gasteiger partial charge < -0.3 is 4.90 Å². The Morgan fingerprint density at radius 1 is 1.50 bits per heavy atom. The van der Waals surface area contributed by atoms with E-state index in [2.05, 4.69) is 22.9 Å². The van der Waals surface area contributed by atoms with E-state index >= 15 is 0 Å². The van der Waals surface area contributed by atoms with Gasteiger partial charge in [-0.05, 0) is 30.9 Å². The molecule has 2 heterocycles. The summed E-state index contributed by atoms with van der Waals surface area (Å²) in [6, 6.07) is 5.96. The van der Waals surface area contributed by atoms with E-state index in [4.69, 9.17) is 5.26 Å². The van der Waals surface area contributed by atoms with Crippen LogP contribution in [0.5, 0.6) is 0 Å². The fraction of sp³-hybridized carbons (Fsp3) is 0.538. The maximum Gasteiger partial charge on any atom is 0.142 e. The minimum Gasteiger partial charge on any atom is -0.371 e. The molecule has 1 fully saturated rings. The summed E-state index contributed by atoms with van der Waals surface area (Å²) in [4.78, 5) is 6.35. The predicted octanol–water partition coefficient (Wildman–Crippen LogP) is 2.58. The van der Waals surface area contributed by atoms with Gasteiger partial charge in [0, 0.05) is 25.0 Å². The second-order valence-electron chi connectivity index (χ2n) is 4.35. The van der Waals surface area contributed by atoms with Gasteiger partial charge in [0.05, 0.1) is 0 Å². The quantitative estimate of drug-likeness (QED) is 0.761. The first-order valence-corrected chi connectivity index (χ1v) is 5.94. The zero-order chi connectivity index (χ0) is 11.4. The molecule has 1 saturated heterocycles. The number of rotatable bonds is 2. The van der Waals surface area contributed by atoms with Crippen molar-refractivity contribution in [3.63, 3.8) is 0 Å². The first-order chi connectivity index (χ1) is 7.83. The van der Waals surface area contributed by atoms with Crippen LogP contribution < -0.4 is 4.90 Å². The number of anilines is 1. The smallest absolute Gasteiger partial charge is 0.142 e. The summed E-state index contributed by atoms with van der Waals surface area (Å²) in [7, 11) is 0. The minimum atomic E-state index is 0.509. The Hall–Kier alpha value is -1.56. The number of nitriles is 1. The Kier molecular flexibility index (Phi) is 3.40. The van der Waals surface area contributed by atoms with Crippen molar-refractivity contribution in [3.8, 4) is 6.07 Å². The molecular weight excluding hydrogens is 198 g/mol. The van der Waals surface area contributed by atoms with E-state index < -0.39 is 0 Å². The first kappa shape index (κ1) is 10.9. The van der Waals surface area contributed by atoms with Crippen LogP contribution in [0.4, 0.5) is 5.69 Å². The highest BCUT2D eigenvalue weighted by Gasteiger charge is 2.18. The van der Waals surface area contributed by atoms with Crippen LogP contribution in [0.25, 0.3) is 0 Å². The van der Waals surface area contributed by atoms with Crippen LogP contribution in [-0.2, 0) is 0 Å². The zero-order valence-electron chi connectivity index (χ0n) is 9.69. The Labute approximate surface area is 96.7 Å². The molecule has 1 aliphatic rings. The molecular formula is C13H17N3. The van der Waals surface area contributed by atoms with E-state index in [1.165, 1.54) is 19.3 Å². The number of aromatic nitrogens is 1. The van der Waals surface area contributed by atoms with Gasteiger partial charge in [0.2, 0.25) is 0 Å². The maximum absolute atomic E-state index is 8.81. The zero-order valence-corrected chi connectivity index (χ0v) is 9.69.